The Balaban J connectivity index is 1.58. The highest BCUT2D eigenvalue weighted by Gasteiger charge is 2.57. The molecule has 3 atom stereocenters. The van der Waals surface area contributed by atoms with Crippen LogP contribution in [0.15, 0.2) is 60.8 Å². The molecule has 1 fully saturated rings. The molecule has 1 heterocycles. The molecule has 0 radical (unpaired) electrons. The summed E-state index contributed by atoms with van der Waals surface area (Å²) in [6, 6.07) is 16.6. The summed E-state index contributed by atoms with van der Waals surface area (Å²) in [6.07, 6.45) is 1.97. The van der Waals surface area contributed by atoms with Crippen LogP contribution in [0.4, 0.5) is 0 Å². The molecule has 1 amide bonds. The fraction of sp³-hybridized carbons (Fsp3) is 0.240. The van der Waals surface area contributed by atoms with E-state index in [1.165, 1.54) is 12.3 Å². The van der Waals surface area contributed by atoms with E-state index < -0.39 is 29.3 Å². The van der Waals surface area contributed by atoms with E-state index in [-0.39, 0.29) is 23.9 Å². The van der Waals surface area contributed by atoms with Gasteiger partial charge < -0.3 is 15.5 Å². The first-order chi connectivity index (χ1) is 16.2. The van der Waals surface area contributed by atoms with E-state index in [9.17, 15) is 19.5 Å². The van der Waals surface area contributed by atoms with Crippen molar-refractivity contribution in [3.05, 3.63) is 82.9 Å². The van der Waals surface area contributed by atoms with E-state index in [1.807, 2.05) is 42.5 Å². The van der Waals surface area contributed by atoms with Gasteiger partial charge in [0.2, 0.25) is 5.82 Å². The van der Waals surface area contributed by atoms with Crippen molar-refractivity contribution in [2.24, 2.45) is 5.92 Å². The SMILES string of the molecule is C[C@H](CC1(NC(=O)c2nccc(C(=O)O)n2)C[C@H]1c1ccc(-c2cccc(Cl)c2)cc1)C(=O)O. The first-order valence-corrected chi connectivity index (χ1v) is 11.0. The van der Waals surface area contributed by atoms with Crippen molar-refractivity contribution in [3.63, 3.8) is 0 Å². The van der Waals surface area contributed by atoms with E-state index in [0.717, 1.165) is 16.7 Å². The summed E-state index contributed by atoms with van der Waals surface area (Å²) in [5.74, 6) is -3.94. The Labute approximate surface area is 200 Å². The average molecular weight is 480 g/mol. The molecule has 3 N–H and O–H groups in total. The summed E-state index contributed by atoms with van der Waals surface area (Å²) in [7, 11) is 0. The molecular formula is C25H22ClN3O5. The van der Waals surface area contributed by atoms with Gasteiger partial charge in [0, 0.05) is 22.7 Å². The summed E-state index contributed by atoms with van der Waals surface area (Å²) < 4.78 is 0. The molecule has 9 heteroatoms. The van der Waals surface area contributed by atoms with Crippen molar-refractivity contribution >= 4 is 29.4 Å². The van der Waals surface area contributed by atoms with Gasteiger partial charge in [0.05, 0.1) is 5.92 Å². The minimum absolute atomic E-state index is 0.102. The molecule has 8 nitrogen and oxygen atoms in total. The number of carbonyl (C=O) groups excluding carboxylic acids is 1. The molecule has 1 aliphatic carbocycles. The lowest BCUT2D eigenvalue weighted by atomic mass is 9.94. The Kier molecular flexibility index (Phi) is 6.34. The molecule has 1 saturated carbocycles. The third-order valence-corrected chi connectivity index (χ3v) is 6.31. The van der Waals surface area contributed by atoms with Crippen LogP contribution in [0.5, 0.6) is 0 Å². The number of hydrogen-bond acceptors (Lipinski definition) is 5. The fourth-order valence-electron chi connectivity index (χ4n) is 4.24. The van der Waals surface area contributed by atoms with Gasteiger partial charge in [-0.3, -0.25) is 9.59 Å². The molecule has 3 aromatic rings. The minimum Gasteiger partial charge on any atom is -0.481 e. The molecule has 4 rings (SSSR count). The monoisotopic (exact) mass is 479 g/mol. The molecule has 1 aliphatic rings. The number of aliphatic carboxylic acids is 1. The van der Waals surface area contributed by atoms with Crippen molar-refractivity contribution in [3.8, 4) is 11.1 Å². The zero-order chi connectivity index (χ0) is 24.5. The maximum Gasteiger partial charge on any atom is 0.354 e. The Morgan fingerprint density at radius 2 is 1.85 bits per heavy atom. The lowest BCUT2D eigenvalue weighted by Gasteiger charge is -2.22. The Morgan fingerprint density at radius 3 is 2.50 bits per heavy atom. The zero-order valence-electron chi connectivity index (χ0n) is 18.2. The number of nitrogens with zero attached hydrogens (tertiary/aromatic N) is 2. The summed E-state index contributed by atoms with van der Waals surface area (Å²) in [4.78, 5) is 43.3. The predicted molar refractivity (Wildman–Crippen MR) is 125 cm³/mol. The maximum absolute atomic E-state index is 12.9. The Bertz CT molecular complexity index is 1260. The van der Waals surface area contributed by atoms with Crippen molar-refractivity contribution < 1.29 is 24.6 Å². The summed E-state index contributed by atoms with van der Waals surface area (Å²) >= 11 is 6.09. The lowest BCUT2D eigenvalue weighted by Crippen LogP contribution is -2.41. The first-order valence-electron chi connectivity index (χ1n) is 10.7. The van der Waals surface area contributed by atoms with Crippen LogP contribution in [0.25, 0.3) is 11.1 Å². The standard InChI is InChI=1S/C25H22ClN3O5/c1-14(23(31)32)12-25(29-22(30)21-27-10-9-20(28-21)24(33)34)13-19(25)16-7-5-15(6-8-16)17-3-2-4-18(26)11-17/h2-11,14,19H,12-13H2,1H3,(H,29,30)(H,31,32)(H,33,34)/t14-,19+,25?/m1/s1. The van der Waals surface area contributed by atoms with E-state index in [0.29, 0.717) is 11.4 Å². The van der Waals surface area contributed by atoms with Crippen LogP contribution in [0, 0.1) is 5.92 Å². The third-order valence-electron chi connectivity index (χ3n) is 6.08. The second-order valence-corrected chi connectivity index (χ2v) is 8.95. The second kappa shape index (κ2) is 9.23. The van der Waals surface area contributed by atoms with Gasteiger partial charge in [0.1, 0.15) is 0 Å². The quantitative estimate of drug-likeness (QED) is 0.440. The minimum atomic E-state index is -1.27. The molecule has 174 valence electrons. The van der Waals surface area contributed by atoms with Crippen LogP contribution >= 0.6 is 11.6 Å². The van der Waals surface area contributed by atoms with Gasteiger partial charge in [-0.2, -0.15) is 0 Å². The third kappa shape index (κ3) is 4.92. The van der Waals surface area contributed by atoms with Crippen LogP contribution in [-0.4, -0.2) is 43.6 Å². The molecule has 0 saturated heterocycles. The first kappa shape index (κ1) is 23.4. The van der Waals surface area contributed by atoms with Crippen molar-refractivity contribution in [2.45, 2.75) is 31.2 Å². The number of nitrogens with one attached hydrogen (secondary N) is 1. The van der Waals surface area contributed by atoms with Gasteiger partial charge in [-0.25, -0.2) is 14.8 Å². The molecule has 0 aliphatic heterocycles. The van der Waals surface area contributed by atoms with Crippen molar-refractivity contribution in [2.75, 3.05) is 0 Å². The number of amides is 1. The van der Waals surface area contributed by atoms with E-state index >= 15 is 0 Å². The summed E-state index contributed by atoms with van der Waals surface area (Å²) in [6.45, 7) is 1.59. The van der Waals surface area contributed by atoms with E-state index in [2.05, 4.69) is 15.3 Å². The molecule has 1 aromatic heterocycles. The number of carboxylic acid groups (broad SMARTS) is 2. The summed E-state index contributed by atoms with van der Waals surface area (Å²) in [5, 5.41) is 22.1. The topological polar surface area (TPSA) is 129 Å². The Hall–Kier alpha value is -3.78. The fourth-order valence-corrected chi connectivity index (χ4v) is 4.43. The number of benzene rings is 2. The smallest absolute Gasteiger partial charge is 0.354 e. The highest BCUT2D eigenvalue weighted by molar-refractivity contribution is 6.30. The molecule has 1 unspecified atom stereocenters. The summed E-state index contributed by atoms with van der Waals surface area (Å²) in [5.41, 5.74) is 1.83. The Morgan fingerprint density at radius 1 is 1.12 bits per heavy atom. The highest BCUT2D eigenvalue weighted by Crippen LogP contribution is 2.55. The molecule has 0 bridgehead atoms. The highest BCUT2D eigenvalue weighted by atomic mass is 35.5. The predicted octanol–water partition coefficient (Wildman–Crippen LogP) is 4.26. The van der Waals surface area contributed by atoms with Crippen LogP contribution in [0.2, 0.25) is 5.02 Å². The number of hydrogen-bond donors (Lipinski definition) is 3. The number of carbonyl (C=O) groups is 3. The molecule has 2 aromatic carbocycles. The zero-order valence-corrected chi connectivity index (χ0v) is 19.0. The van der Waals surface area contributed by atoms with Gasteiger partial charge in [-0.1, -0.05) is 54.9 Å². The average Bonchev–Trinajstić information content (AvgIpc) is 3.52. The van der Waals surface area contributed by atoms with Crippen LogP contribution in [0.1, 0.15) is 52.4 Å². The van der Waals surface area contributed by atoms with Gasteiger partial charge in [0.25, 0.3) is 5.91 Å². The van der Waals surface area contributed by atoms with Crippen LogP contribution in [-0.2, 0) is 4.79 Å². The van der Waals surface area contributed by atoms with Gasteiger partial charge >= 0.3 is 11.9 Å². The number of aromatic carboxylic acids is 1. The van der Waals surface area contributed by atoms with Gasteiger partial charge in [-0.15, -0.1) is 0 Å². The second-order valence-electron chi connectivity index (χ2n) is 8.51. The van der Waals surface area contributed by atoms with E-state index in [1.54, 1.807) is 13.0 Å². The number of halogens is 1. The van der Waals surface area contributed by atoms with Crippen molar-refractivity contribution in [1.29, 1.82) is 0 Å². The molecule has 34 heavy (non-hydrogen) atoms. The maximum atomic E-state index is 12.9. The molecule has 0 spiro atoms. The van der Waals surface area contributed by atoms with Crippen molar-refractivity contribution in [1.82, 2.24) is 15.3 Å². The number of carboxylic acids is 2. The van der Waals surface area contributed by atoms with Crippen LogP contribution in [0.3, 0.4) is 0 Å². The van der Waals surface area contributed by atoms with Gasteiger partial charge in [0.15, 0.2) is 5.69 Å². The van der Waals surface area contributed by atoms with E-state index in [4.69, 9.17) is 16.7 Å². The van der Waals surface area contributed by atoms with Crippen LogP contribution < -0.4 is 5.32 Å². The molecular weight excluding hydrogens is 458 g/mol. The normalized spacial score (nSPS) is 19.8. The van der Waals surface area contributed by atoms with Gasteiger partial charge in [-0.05, 0) is 47.7 Å². The number of aromatic nitrogens is 2. The number of rotatable bonds is 8. The lowest BCUT2D eigenvalue weighted by molar-refractivity contribution is -0.141. The largest absolute Gasteiger partial charge is 0.481 e.